The average molecular weight is 122 g/mol. The van der Waals surface area contributed by atoms with E-state index in [-0.39, 0.29) is 0 Å². The molecule has 0 aromatic carbocycles. The van der Waals surface area contributed by atoms with Gasteiger partial charge in [-0.2, -0.15) is 0 Å². The first-order valence-corrected chi connectivity index (χ1v) is 2.06. The van der Waals surface area contributed by atoms with Crippen LogP contribution in [0.4, 0.5) is 4.79 Å². The molecule has 2 N–H and O–H groups in total. The second kappa shape index (κ2) is 9.52. The third-order valence-corrected chi connectivity index (χ3v) is 0.289. The van der Waals surface area contributed by atoms with Gasteiger partial charge in [0.05, 0.1) is 0 Å². The fourth-order valence-corrected chi connectivity index (χ4v) is 0. The van der Waals surface area contributed by atoms with E-state index in [1.165, 1.54) is 0 Å². The van der Waals surface area contributed by atoms with Crippen LogP contribution in [0.1, 0.15) is 6.92 Å². The zero-order valence-corrected chi connectivity index (χ0v) is 4.92. The van der Waals surface area contributed by atoms with Gasteiger partial charge in [0.2, 0.25) is 0 Å². The molecule has 0 amide bonds. The third-order valence-electron chi connectivity index (χ3n) is 0.289. The standard InChI is InChI=1S/C3H8O.CH2O3/c1-3-4-2;2-1(3)4/h3H2,1-2H3;(H2,2,3,4). The van der Waals surface area contributed by atoms with Crippen LogP contribution in [0.2, 0.25) is 0 Å². The van der Waals surface area contributed by atoms with E-state index in [2.05, 4.69) is 4.74 Å². The largest absolute Gasteiger partial charge is 0.503 e. The van der Waals surface area contributed by atoms with E-state index < -0.39 is 6.16 Å². The summed E-state index contributed by atoms with van der Waals surface area (Å²) in [6.07, 6.45) is -1.83. The Bertz CT molecular complexity index is 46.0. The fraction of sp³-hybridized carbons (Fsp3) is 0.750. The maximum Gasteiger partial charge on any atom is 0.503 e. The van der Waals surface area contributed by atoms with E-state index in [1.807, 2.05) is 6.92 Å². The van der Waals surface area contributed by atoms with Crippen molar-refractivity contribution in [2.75, 3.05) is 13.7 Å². The molecule has 0 saturated carbocycles. The molecule has 0 aromatic rings. The van der Waals surface area contributed by atoms with Gasteiger partial charge >= 0.3 is 6.16 Å². The van der Waals surface area contributed by atoms with Crippen molar-refractivity contribution in [3.63, 3.8) is 0 Å². The molecule has 0 saturated heterocycles. The summed E-state index contributed by atoms with van der Waals surface area (Å²) in [6, 6.07) is 0. The van der Waals surface area contributed by atoms with Gasteiger partial charge in [0.25, 0.3) is 0 Å². The second-order valence-electron chi connectivity index (χ2n) is 0.860. The first kappa shape index (κ1) is 10.3. The van der Waals surface area contributed by atoms with E-state index in [0.717, 1.165) is 6.61 Å². The smallest absolute Gasteiger partial charge is 0.450 e. The molecule has 0 aliphatic carbocycles. The summed E-state index contributed by atoms with van der Waals surface area (Å²) < 4.78 is 4.54. The molecule has 0 atom stereocenters. The van der Waals surface area contributed by atoms with Crippen molar-refractivity contribution >= 4 is 6.16 Å². The molecule has 0 radical (unpaired) electrons. The first-order chi connectivity index (χ1) is 3.65. The van der Waals surface area contributed by atoms with Crippen molar-refractivity contribution < 1.29 is 19.7 Å². The maximum atomic E-state index is 8.56. The molecule has 0 unspecified atom stereocenters. The Morgan fingerprint density at radius 2 is 1.75 bits per heavy atom. The number of rotatable bonds is 1. The lowest BCUT2D eigenvalue weighted by Gasteiger charge is -1.76. The fourth-order valence-electron chi connectivity index (χ4n) is 0. The van der Waals surface area contributed by atoms with Crippen molar-refractivity contribution in [3.8, 4) is 0 Å². The summed E-state index contributed by atoms with van der Waals surface area (Å²) in [5.74, 6) is 0. The summed E-state index contributed by atoms with van der Waals surface area (Å²) in [6.45, 7) is 2.78. The molecule has 4 heteroatoms. The van der Waals surface area contributed by atoms with Crippen LogP contribution in [0, 0.1) is 0 Å². The Kier molecular flexibility index (Phi) is 12.2. The molecule has 0 aromatic heterocycles. The van der Waals surface area contributed by atoms with Crippen molar-refractivity contribution in [3.05, 3.63) is 0 Å². The van der Waals surface area contributed by atoms with Gasteiger partial charge in [-0.15, -0.1) is 0 Å². The maximum absolute atomic E-state index is 8.56. The molecule has 4 nitrogen and oxygen atoms in total. The molecule has 50 valence electrons. The zero-order chi connectivity index (χ0) is 6.99. The highest BCUT2D eigenvalue weighted by molar-refractivity contribution is 5.53. The molecule has 0 heterocycles. The third kappa shape index (κ3) is 1770. The zero-order valence-electron chi connectivity index (χ0n) is 4.92. The van der Waals surface area contributed by atoms with Gasteiger partial charge in [0.15, 0.2) is 0 Å². The molecule has 0 spiro atoms. The monoisotopic (exact) mass is 122 g/mol. The number of hydrogen-bond donors (Lipinski definition) is 2. The highest BCUT2D eigenvalue weighted by atomic mass is 16.6. The lowest BCUT2D eigenvalue weighted by Crippen LogP contribution is -1.81. The van der Waals surface area contributed by atoms with Gasteiger partial charge < -0.3 is 14.9 Å². The van der Waals surface area contributed by atoms with Crippen LogP contribution in [-0.4, -0.2) is 30.1 Å². The minimum atomic E-state index is -1.83. The second-order valence-corrected chi connectivity index (χ2v) is 0.860. The van der Waals surface area contributed by atoms with E-state index in [1.54, 1.807) is 7.11 Å². The number of methoxy groups -OCH3 is 1. The van der Waals surface area contributed by atoms with Gasteiger partial charge in [-0.1, -0.05) is 0 Å². The molecular formula is C4H10O4. The number of carboxylic acid groups (broad SMARTS) is 2. The highest BCUT2D eigenvalue weighted by Gasteiger charge is 1.70. The van der Waals surface area contributed by atoms with Gasteiger partial charge in [0.1, 0.15) is 0 Å². The van der Waals surface area contributed by atoms with Crippen molar-refractivity contribution in [1.29, 1.82) is 0 Å². The van der Waals surface area contributed by atoms with E-state index >= 15 is 0 Å². The molecule has 8 heavy (non-hydrogen) atoms. The van der Waals surface area contributed by atoms with E-state index in [9.17, 15) is 0 Å². The first-order valence-electron chi connectivity index (χ1n) is 2.06. The van der Waals surface area contributed by atoms with Crippen LogP contribution in [-0.2, 0) is 4.74 Å². The average Bonchev–Trinajstić information content (AvgIpc) is 1.65. The quantitative estimate of drug-likeness (QED) is 0.541. The SMILES string of the molecule is CCOC.O=C(O)O. The Hall–Kier alpha value is -0.770. The predicted molar refractivity (Wildman–Crippen MR) is 28.2 cm³/mol. The molecule has 0 bridgehead atoms. The molecule has 0 aliphatic heterocycles. The van der Waals surface area contributed by atoms with Crippen LogP contribution in [0.3, 0.4) is 0 Å². The lowest BCUT2D eigenvalue weighted by molar-refractivity contribution is 0.137. The minimum absolute atomic E-state index is 0.819. The minimum Gasteiger partial charge on any atom is -0.450 e. The topological polar surface area (TPSA) is 66.8 Å². The molecular weight excluding hydrogens is 112 g/mol. The highest BCUT2D eigenvalue weighted by Crippen LogP contribution is 1.52. The Balaban J connectivity index is 0. The molecule has 0 fully saturated rings. The number of ether oxygens (including phenoxy) is 1. The summed E-state index contributed by atoms with van der Waals surface area (Å²) in [5.41, 5.74) is 0. The Labute approximate surface area is 47.7 Å². The van der Waals surface area contributed by atoms with Crippen LogP contribution in [0.25, 0.3) is 0 Å². The number of carbonyl (C=O) groups is 1. The Morgan fingerprint density at radius 1 is 1.62 bits per heavy atom. The lowest BCUT2D eigenvalue weighted by atomic mass is 10.9. The van der Waals surface area contributed by atoms with Crippen molar-refractivity contribution in [1.82, 2.24) is 0 Å². The predicted octanol–water partition coefficient (Wildman–Crippen LogP) is 0.875. The molecule has 0 rings (SSSR count). The van der Waals surface area contributed by atoms with Gasteiger partial charge in [-0.05, 0) is 6.92 Å². The summed E-state index contributed by atoms with van der Waals surface area (Å²) in [4.78, 5) is 8.56. The van der Waals surface area contributed by atoms with E-state index in [4.69, 9.17) is 15.0 Å². The van der Waals surface area contributed by atoms with Crippen LogP contribution < -0.4 is 0 Å². The van der Waals surface area contributed by atoms with Crippen molar-refractivity contribution in [2.45, 2.75) is 6.92 Å². The van der Waals surface area contributed by atoms with E-state index in [0.29, 0.717) is 0 Å². The van der Waals surface area contributed by atoms with Gasteiger partial charge in [-0.25, -0.2) is 4.79 Å². The molecule has 0 aliphatic rings. The summed E-state index contributed by atoms with van der Waals surface area (Å²) in [5, 5.41) is 13.9. The van der Waals surface area contributed by atoms with Crippen LogP contribution in [0.5, 0.6) is 0 Å². The van der Waals surface area contributed by atoms with Crippen molar-refractivity contribution in [2.24, 2.45) is 0 Å². The summed E-state index contributed by atoms with van der Waals surface area (Å²) >= 11 is 0. The van der Waals surface area contributed by atoms with Gasteiger partial charge in [0, 0.05) is 13.7 Å². The van der Waals surface area contributed by atoms with Crippen LogP contribution >= 0.6 is 0 Å². The number of hydrogen-bond acceptors (Lipinski definition) is 2. The summed E-state index contributed by atoms with van der Waals surface area (Å²) in [7, 11) is 1.68. The normalized spacial score (nSPS) is 6.75. The van der Waals surface area contributed by atoms with Gasteiger partial charge in [-0.3, -0.25) is 0 Å². The Morgan fingerprint density at radius 3 is 1.75 bits per heavy atom. The van der Waals surface area contributed by atoms with Crippen LogP contribution in [0.15, 0.2) is 0 Å².